The van der Waals surface area contributed by atoms with Crippen LogP contribution in [0.3, 0.4) is 0 Å². The Bertz CT molecular complexity index is 915. The van der Waals surface area contributed by atoms with Crippen LogP contribution < -0.4 is 9.81 Å². The van der Waals surface area contributed by atoms with Crippen LogP contribution in [0.1, 0.15) is 38.7 Å². The second-order valence-electron chi connectivity index (χ2n) is 5.53. The second-order valence-corrected chi connectivity index (χ2v) is 7.35. The lowest BCUT2D eigenvalue weighted by Gasteiger charge is -2.16. The Morgan fingerprint density at radius 1 is 1.20 bits per heavy atom. The second kappa shape index (κ2) is 7.07. The van der Waals surface area contributed by atoms with Crippen LogP contribution in [0.5, 0.6) is 5.75 Å². The maximum atomic E-state index is 13.0. The maximum Gasteiger partial charge on any atom is 0.417 e. The Kier molecular flexibility index (Phi) is 5.46. The van der Waals surface area contributed by atoms with E-state index in [-0.39, 0.29) is 11.1 Å². The molecule has 0 bridgehead atoms. The molecule has 1 aromatic carbocycles. The fourth-order valence-electron chi connectivity index (χ4n) is 2.51. The van der Waals surface area contributed by atoms with E-state index in [0.717, 1.165) is 18.2 Å². The van der Waals surface area contributed by atoms with Crippen molar-refractivity contribution in [1.82, 2.24) is 0 Å². The van der Waals surface area contributed by atoms with E-state index < -0.39 is 38.3 Å². The monoisotopic (exact) mass is 378 g/mol. The third-order valence-electron chi connectivity index (χ3n) is 3.71. The summed E-state index contributed by atoms with van der Waals surface area (Å²) < 4.78 is 73.3. The molecule has 9 heteroatoms. The van der Waals surface area contributed by atoms with E-state index in [1.165, 1.54) is 0 Å². The van der Waals surface area contributed by atoms with E-state index in [1.807, 2.05) is 6.92 Å². The maximum absolute atomic E-state index is 13.0. The molecule has 138 valence electrons. The molecule has 1 atom stereocenters. The fraction of sp³-hybridized carbons (Fsp3) is 0.438. The summed E-state index contributed by atoms with van der Waals surface area (Å²) in [4.78, 5) is 11.4. The first-order chi connectivity index (χ1) is 11.6. The molecule has 0 spiro atoms. The molecule has 1 heterocycles. The Labute approximate surface area is 142 Å². The van der Waals surface area contributed by atoms with E-state index in [9.17, 15) is 26.4 Å². The molecule has 5 nitrogen and oxygen atoms in total. The van der Waals surface area contributed by atoms with Crippen LogP contribution in [-0.2, 0) is 16.3 Å². The van der Waals surface area contributed by atoms with Gasteiger partial charge in [0.1, 0.15) is 11.3 Å². The van der Waals surface area contributed by atoms with E-state index in [4.69, 9.17) is 8.60 Å². The molecule has 0 N–H and O–H groups in total. The highest BCUT2D eigenvalue weighted by Gasteiger charge is 2.34. The van der Waals surface area contributed by atoms with Crippen LogP contribution in [-0.4, -0.2) is 13.7 Å². The molecular formula is C16H17F3O5S. The number of halogens is 3. The van der Waals surface area contributed by atoms with Gasteiger partial charge in [-0.05, 0) is 25.0 Å². The quantitative estimate of drug-likeness (QED) is 0.559. The predicted octanol–water partition coefficient (Wildman–Crippen LogP) is 4.10. The molecule has 0 fully saturated rings. The SMILES string of the molecule is CCC[C@H](CC)S(=O)(=O)Oc1ccc2c(C(F)(F)F)cc(=O)oc2c1. The normalized spacial score (nSPS) is 13.8. The molecule has 0 unspecified atom stereocenters. The van der Waals surface area contributed by atoms with Crippen molar-refractivity contribution in [2.24, 2.45) is 0 Å². The van der Waals surface area contributed by atoms with E-state index in [0.29, 0.717) is 25.3 Å². The van der Waals surface area contributed by atoms with Crippen molar-refractivity contribution in [2.75, 3.05) is 0 Å². The molecule has 0 aliphatic carbocycles. The van der Waals surface area contributed by atoms with E-state index in [1.54, 1.807) is 6.92 Å². The molecule has 0 amide bonds. The molecule has 0 saturated heterocycles. The highest BCUT2D eigenvalue weighted by atomic mass is 32.2. The van der Waals surface area contributed by atoms with Crippen molar-refractivity contribution in [3.63, 3.8) is 0 Å². The van der Waals surface area contributed by atoms with Crippen LogP contribution in [0.2, 0.25) is 0 Å². The Morgan fingerprint density at radius 2 is 1.88 bits per heavy atom. The van der Waals surface area contributed by atoms with Gasteiger partial charge in [0.25, 0.3) is 0 Å². The smallest absolute Gasteiger partial charge is 0.417 e. The summed E-state index contributed by atoms with van der Waals surface area (Å²) in [6, 6.07) is 3.46. The average Bonchev–Trinajstić information content (AvgIpc) is 2.49. The Balaban J connectivity index is 2.47. The van der Waals surface area contributed by atoms with Crippen molar-refractivity contribution in [2.45, 2.75) is 44.5 Å². The fourth-order valence-corrected chi connectivity index (χ4v) is 3.95. The summed E-state index contributed by atoms with van der Waals surface area (Å²) in [6.07, 6.45) is -3.35. The lowest BCUT2D eigenvalue weighted by atomic mass is 10.1. The summed E-state index contributed by atoms with van der Waals surface area (Å²) in [5, 5.41) is -1.07. The standard InChI is InChI=1S/C16H17F3O5S/c1-3-5-11(4-2)25(21,22)24-10-6-7-12-13(16(17,18)19)9-15(20)23-14(12)8-10/h6-9,11H,3-5H2,1-2H3/t11-/m0/s1. The summed E-state index contributed by atoms with van der Waals surface area (Å²) in [6.45, 7) is 3.54. The zero-order valence-electron chi connectivity index (χ0n) is 13.6. The van der Waals surface area contributed by atoms with Crippen LogP contribution >= 0.6 is 0 Å². The largest absolute Gasteiger partial charge is 0.423 e. The number of hydrogen-bond donors (Lipinski definition) is 0. The van der Waals surface area contributed by atoms with Crippen molar-refractivity contribution in [3.8, 4) is 5.75 Å². The Morgan fingerprint density at radius 3 is 2.44 bits per heavy atom. The number of fused-ring (bicyclic) bond motifs is 1. The van der Waals surface area contributed by atoms with Gasteiger partial charge in [-0.2, -0.15) is 21.6 Å². The summed E-state index contributed by atoms with van der Waals surface area (Å²) in [5.74, 6) is -0.204. The number of benzene rings is 1. The highest BCUT2D eigenvalue weighted by molar-refractivity contribution is 7.87. The molecule has 2 aromatic rings. The van der Waals surface area contributed by atoms with Gasteiger partial charge in [0.15, 0.2) is 0 Å². The topological polar surface area (TPSA) is 73.6 Å². The molecule has 2 rings (SSSR count). The van der Waals surface area contributed by atoms with Gasteiger partial charge in [-0.3, -0.25) is 0 Å². The Hall–Kier alpha value is -2.03. The minimum Gasteiger partial charge on any atom is -0.423 e. The van der Waals surface area contributed by atoms with Crippen molar-refractivity contribution >= 4 is 21.1 Å². The van der Waals surface area contributed by atoms with Crippen LogP contribution in [0.15, 0.2) is 33.5 Å². The minimum atomic E-state index is -4.74. The molecule has 0 aliphatic rings. The van der Waals surface area contributed by atoms with Crippen molar-refractivity contribution in [1.29, 1.82) is 0 Å². The van der Waals surface area contributed by atoms with E-state index >= 15 is 0 Å². The molecule has 0 saturated carbocycles. The number of alkyl halides is 3. The van der Waals surface area contributed by atoms with Gasteiger partial charge < -0.3 is 8.60 Å². The molecule has 0 radical (unpaired) electrons. The number of hydrogen-bond acceptors (Lipinski definition) is 5. The highest BCUT2D eigenvalue weighted by Crippen LogP contribution is 2.35. The molecule has 25 heavy (non-hydrogen) atoms. The van der Waals surface area contributed by atoms with Gasteiger partial charge in [0.2, 0.25) is 0 Å². The molecule has 0 aliphatic heterocycles. The molecule has 1 aromatic heterocycles. The van der Waals surface area contributed by atoms with Crippen molar-refractivity contribution < 1.29 is 30.2 Å². The van der Waals surface area contributed by atoms with Gasteiger partial charge in [-0.15, -0.1) is 0 Å². The predicted molar refractivity (Wildman–Crippen MR) is 86.0 cm³/mol. The van der Waals surface area contributed by atoms with Crippen LogP contribution in [0.4, 0.5) is 13.2 Å². The third kappa shape index (κ3) is 4.33. The first-order valence-corrected chi connectivity index (χ1v) is 9.14. The minimum absolute atomic E-state index is 0.204. The summed E-state index contributed by atoms with van der Waals surface area (Å²) in [7, 11) is -3.95. The van der Waals surface area contributed by atoms with Gasteiger partial charge in [-0.25, -0.2) is 4.79 Å². The van der Waals surface area contributed by atoms with Crippen LogP contribution in [0.25, 0.3) is 11.0 Å². The average molecular weight is 378 g/mol. The van der Waals surface area contributed by atoms with Gasteiger partial charge in [-0.1, -0.05) is 20.3 Å². The summed E-state index contributed by atoms with van der Waals surface area (Å²) in [5.41, 5.74) is -2.72. The van der Waals surface area contributed by atoms with Crippen LogP contribution in [0, 0.1) is 0 Å². The number of rotatable bonds is 6. The lowest BCUT2D eigenvalue weighted by molar-refractivity contribution is -0.136. The first kappa shape index (κ1) is 19.3. The van der Waals surface area contributed by atoms with Gasteiger partial charge in [0.05, 0.1) is 10.8 Å². The lowest BCUT2D eigenvalue weighted by Crippen LogP contribution is -2.25. The zero-order chi connectivity index (χ0) is 18.8. The van der Waals surface area contributed by atoms with Gasteiger partial charge in [0, 0.05) is 17.5 Å². The van der Waals surface area contributed by atoms with E-state index in [2.05, 4.69) is 0 Å². The first-order valence-electron chi connectivity index (χ1n) is 7.67. The van der Waals surface area contributed by atoms with Crippen molar-refractivity contribution in [3.05, 3.63) is 40.2 Å². The molecular weight excluding hydrogens is 361 g/mol. The summed E-state index contributed by atoms with van der Waals surface area (Å²) >= 11 is 0. The zero-order valence-corrected chi connectivity index (χ0v) is 14.4. The van der Waals surface area contributed by atoms with Gasteiger partial charge >= 0.3 is 21.9 Å². The third-order valence-corrected chi connectivity index (χ3v) is 5.52.